The molecule has 1 aromatic heterocycles. The number of ether oxygens (including phenoxy) is 1. The molecule has 1 saturated heterocycles. The molecule has 27 heavy (non-hydrogen) atoms. The Balaban J connectivity index is 0.00000261. The number of nitrogens with zero attached hydrogens (tertiary/aromatic N) is 2. The molecule has 3 rings (SSSR count). The second-order valence-corrected chi connectivity index (χ2v) is 7.19. The van der Waals surface area contributed by atoms with Gasteiger partial charge in [0, 0.05) is 60.8 Å². The van der Waals surface area contributed by atoms with Gasteiger partial charge in [0.25, 0.3) is 0 Å². The molecule has 7 heteroatoms. The summed E-state index contributed by atoms with van der Waals surface area (Å²) < 4.78 is 5.58. The molecule has 1 aliphatic rings. The van der Waals surface area contributed by atoms with Crippen molar-refractivity contribution in [2.24, 2.45) is 10.9 Å². The van der Waals surface area contributed by atoms with Crippen LogP contribution in [0.1, 0.15) is 25.8 Å². The molecule has 1 aromatic carbocycles. The van der Waals surface area contributed by atoms with Crippen LogP contribution in [0.2, 0.25) is 5.02 Å². The van der Waals surface area contributed by atoms with Crippen molar-refractivity contribution in [2.75, 3.05) is 39.4 Å². The number of H-pyrrole nitrogens is 1. The lowest BCUT2D eigenvalue weighted by atomic mass is 10.1. The fourth-order valence-corrected chi connectivity index (χ4v) is 3.68. The minimum atomic E-state index is 0. The van der Waals surface area contributed by atoms with Crippen LogP contribution in [0.15, 0.2) is 29.4 Å². The van der Waals surface area contributed by atoms with Gasteiger partial charge < -0.3 is 19.9 Å². The number of rotatable bonds is 7. The summed E-state index contributed by atoms with van der Waals surface area (Å²) in [6, 6.07) is 5.96. The summed E-state index contributed by atoms with van der Waals surface area (Å²) in [5.74, 6) is 1.62. The number of halogens is 2. The summed E-state index contributed by atoms with van der Waals surface area (Å²) in [4.78, 5) is 10.5. The minimum absolute atomic E-state index is 0. The first-order valence-corrected chi connectivity index (χ1v) is 9.95. The highest BCUT2D eigenvalue weighted by molar-refractivity contribution is 14.0. The van der Waals surface area contributed by atoms with Gasteiger partial charge in [-0.1, -0.05) is 11.6 Å². The molecule has 0 aliphatic carbocycles. The molecule has 1 atom stereocenters. The fraction of sp³-hybridized carbons (Fsp3) is 0.550. The van der Waals surface area contributed by atoms with Crippen LogP contribution >= 0.6 is 35.6 Å². The summed E-state index contributed by atoms with van der Waals surface area (Å²) in [6.07, 6.45) is 4.13. The highest BCUT2D eigenvalue weighted by atomic mass is 127. The van der Waals surface area contributed by atoms with Gasteiger partial charge in [-0.25, -0.2) is 0 Å². The molecule has 0 amide bonds. The first-order valence-electron chi connectivity index (χ1n) is 9.57. The van der Waals surface area contributed by atoms with Crippen molar-refractivity contribution in [3.63, 3.8) is 0 Å². The lowest BCUT2D eigenvalue weighted by Crippen LogP contribution is -2.40. The number of nitrogens with one attached hydrogen (secondary N) is 2. The van der Waals surface area contributed by atoms with Crippen LogP contribution in [-0.2, 0) is 11.2 Å². The third-order valence-electron chi connectivity index (χ3n) is 4.85. The van der Waals surface area contributed by atoms with E-state index in [0.29, 0.717) is 5.92 Å². The Morgan fingerprint density at radius 1 is 1.41 bits per heavy atom. The van der Waals surface area contributed by atoms with Gasteiger partial charge in [0.1, 0.15) is 0 Å². The second-order valence-electron chi connectivity index (χ2n) is 6.75. The molecule has 0 bridgehead atoms. The second kappa shape index (κ2) is 11.1. The largest absolute Gasteiger partial charge is 0.381 e. The Morgan fingerprint density at radius 3 is 3.04 bits per heavy atom. The third kappa shape index (κ3) is 5.99. The molecule has 1 aliphatic heterocycles. The molecule has 2 N–H and O–H groups in total. The molecule has 1 fully saturated rings. The van der Waals surface area contributed by atoms with Crippen molar-refractivity contribution in [2.45, 2.75) is 26.7 Å². The molecule has 0 saturated carbocycles. The van der Waals surface area contributed by atoms with Crippen LogP contribution in [0.25, 0.3) is 10.9 Å². The first kappa shape index (κ1) is 22.3. The third-order valence-corrected chi connectivity index (χ3v) is 5.09. The number of fused-ring (bicyclic) bond motifs is 1. The van der Waals surface area contributed by atoms with Crippen molar-refractivity contribution in [1.82, 2.24) is 15.2 Å². The SMILES string of the molecule is CCNC(=NCCc1c[nH]c2ccc(Cl)cc12)N1CCC(COCC)C1.I. The first-order chi connectivity index (χ1) is 12.7. The number of hydrogen-bond donors (Lipinski definition) is 2. The van der Waals surface area contributed by atoms with Crippen LogP contribution in [0.5, 0.6) is 0 Å². The van der Waals surface area contributed by atoms with E-state index in [9.17, 15) is 0 Å². The number of guanidine groups is 1. The van der Waals surface area contributed by atoms with E-state index in [1.54, 1.807) is 0 Å². The molecule has 150 valence electrons. The molecular weight excluding hydrogens is 475 g/mol. The zero-order valence-electron chi connectivity index (χ0n) is 16.1. The lowest BCUT2D eigenvalue weighted by molar-refractivity contribution is 0.114. The van der Waals surface area contributed by atoms with E-state index in [-0.39, 0.29) is 24.0 Å². The van der Waals surface area contributed by atoms with Crippen LogP contribution in [0, 0.1) is 5.92 Å². The van der Waals surface area contributed by atoms with E-state index in [0.717, 1.165) is 62.3 Å². The van der Waals surface area contributed by atoms with Gasteiger partial charge >= 0.3 is 0 Å². The summed E-state index contributed by atoms with van der Waals surface area (Å²) in [5, 5.41) is 5.40. The van der Waals surface area contributed by atoms with E-state index in [1.165, 1.54) is 17.4 Å². The summed E-state index contributed by atoms with van der Waals surface area (Å²) in [6.45, 7) is 9.52. The number of benzene rings is 1. The molecular formula is C20H30ClIN4O. The monoisotopic (exact) mass is 504 g/mol. The number of aromatic nitrogens is 1. The molecule has 5 nitrogen and oxygen atoms in total. The zero-order valence-corrected chi connectivity index (χ0v) is 19.2. The van der Waals surface area contributed by atoms with Crippen molar-refractivity contribution in [3.8, 4) is 0 Å². The van der Waals surface area contributed by atoms with E-state index >= 15 is 0 Å². The van der Waals surface area contributed by atoms with Gasteiger partial charge in [0.05, 0.1) is 6.61 Å². The predicted molar refractivity (Wildman–Crippen MR) is 125 cm³/mol. The molecule has 0 spiro atoms. The Labute approximate surface area is 183 Å². The average Bonchev–Trinajstić information content (AvgIpc) is 3.26. The van der Waals surface area contributed by atoms with Crippen molar-refractivity contribution in [1.29, 1.82) is 0 Å². The molecule has 2 aromatic rings. The molecule has 1 unspecified atom stereocenters. The van der Waals surface area contributed by atoms with Crippen LogP contribution in [0.4, 0.5) is 0 Å². The van der Waals surface area contributed by atoms with Gasteiger partial charge in [0.15, 0.2) is 5.96 Å². The fourth-order valence-electron chi connectivity index (χ4n) is 3.51. The number of hydrogen-bond acceptors (Lipinski definition) is 2. The van der Waals surface area contributed by atoms with Gasteiger partial charge in [-0.05, 0) is 50.5 Å². The molecule has 0 radical (unpaired) electrons. The maximum atomic E-state index is 6.14. The summed E-state index contributed by atoms with van der Waals surface area (Å²) in [7, 11) is 0. The normalized spacial score (nSPS) is 17.4. The van der Waals surface area contributed by atoms with E-state index < -0.39 is 0 Å². The van der Waals surface area contributed by atoms with Gasteiger partial charge in [-0.3, -0.25) is 4.99 Å². The van der Waals surface area contributed by atoms with Crippen LogP contribution in [-0.4, -0.2) is 55.2 Å². The number of likely N-dealkylation sites (tertiary alicyclic amines) is 1. The molecule has 2 heterocycles. The topological polar surface area (TPSA) is 52.7 Å². The maximum Gasteiger partial charge on any atom is 0.193 e. The Kier molecular flexibility index (Phi) is 9.18. The Bertz CT molecular complexity index is 749. The highest BCUT2D eigenvalue weighted by Gasteiger charge is 2.24. The van der Waals surface area contributed by atoms with Gasteiger partial charge in [0.2, 0.25) is 0 Å². The van der Waals surface area contributed by atoms with Crippen molar-refractivity contribution in [3.05, 3.63) is 35.0 Å². The van der Waals surface area contributed by atoms with Crippen LogP contribution < -0.4 is 5.32 Å². The maximum absolute atomic E-state index is 6.14. The van der Waals surface area contributed by atoms with Crippen molar-refractivity contribution < 1.29 is 4.74 Å². The highest BCUT2D eigenvalue weighted by Crippen LogP contribution is 2.23. The van der Waals surface area contributed by atoms with E-state index in [2.05, 4.69) is 35.2 Å². The van der Waals surface area contributed by atoms with Gasteiger partial charge in [-0.15, -0.1) is 24.0 Å². The average molecular weight is 505 g/mol. The van der Waals surface area contributed by atoms with E-state index in [1.807, 2.05) is 18.2 Å². The predicted octanol–water partition coefficient (Wildman–Crippen LogP) is 4.31. The van der Waals surface area contributed by atoms with E-state index in [4.69, 9.17) is 21.3 Å². The summed E-state index contributed by atoms with van der Waals surface area (Å²) in [5.41, 5.74) is 2.39. The zero-order chi connectivity index (χ0) is 18.4. The lowest BCUT2D eigenvalue weighted by Gasteiger charge is -2.21. The van der Waals surface area contributed by atoms with Gasteiger partial charge in [-0.2, -0.15) is 0 Å². The van der Waals surface area contributed by atoms with Crippen molar-refractivity contribution >= 4 is 52.4 Å². The standard InChI is InChI=1S/C20H29ClN4O.HI/c1-3-22-20(25-10-8-15(13-25)14-26-4-2)23-9-7-16-12-24-19-6-5-17(21)11-18(16)19;/h5-6,11-12,15,24H,3-4,7-10,13-14H2,1-2H3,(H,22,23);1H. The number of aliphatic imine (C=N–C) groups is 1. The Morgan fingerprint density at radius 2 is 2.26 bits per heavy atom. The van der Waals surface area contributed by atoms with Crippen LogP contribution in [0.3, 0.4) is 0 Å². The Hall–Kier alpha value is -0.990. The smallest absolute Gasteiger partial charge is 0.193 e. The number of aromatic amines is 1. The quantitative estimate of drug-likeness (QED) is 0.336. The minimum Gasteiger partial charge on any atom is -0.381 e. The summed E-state index contributed by atoms with van der Waals surface area (Å²) >= 11 is 6.14.